The van der Waals surface area contributed by atoms with E-state index in [1.54, 1.807) is 0 Å². The summed E-state index contributed by atoms with van der Waals surface area (Å²) in [5, 5.41) is 12.1. The molecular weight excluding hydrogens is 476 g/mol. The minimum absolute atomic E-state index is 0.149. The van der Waals surface area contributed by atoms with Crippen molar-refractivity contribution in [2.45, 2.75) is 38.3 Å². The first kappa shape index (κ1) is 25.0. The maximum atomic E-state index is 6.35. The molecule has 0 saturated carbocycles. The molecule has 6 rings (SSSR count). The van der Waals surface area contributed by atoms with Crippen LogP contribution < -0.4 is 20.3 Å². The second kappa shape index (κ2) is 10.5. The van der Waals surface area contributed by atoms with E-state index >= 15 is 0 Å². The Morgan fingerprint density at radius 2 is 1.92 bits per heavy atom. The molecule has 2 saturated heterocycles. The fourth-order valence-electron chi connectivity index (χ4n) is 5.66. The zero-order valence-corrected chi connectivity index (χ0v) is 22.9. The normalized spacial score (nSPS) is 21.7. The van der Waals surface area contributed by atoms with Crippen molar-refractivity contribution in [2.75, 3.05) is 70.2 Å². The van der Waals surface area contributed by atoms with Gasteiger partial charge in [0.1, 0.15) is 24.0 Å². The third-order valence-electron chi connectivity index (χ3n) is 8.14. The molecular formula is C29H40N8O. The number of hydrogen-bond donors (Lipinski definition) is 2. The average Bonchev–Trinajstić information content (AvgIpc) is 3.33. The lowest BCUT2D eigenvalue weighted by molar-refractivity contribution is 0.221. The van der Waals surface area contributed by atoms with Gasteiger partial charge in [-0.2, -0.15) is 9.61 Å². The van der Waals surface area contributed by atoms with Gasteiger partial charge in [-0.25, -0.2) is 4.98 Å². The Labute approximate surface area is 225 Å². The van der Waals surface area contributed by atoms with Crippen molar-refractivity contribution in [1.29, 1.82) is 0 Å². The fourth-order valence-corrected chi connectivity index (χ4v) is 5.66. The van der Waals surface area contributed by atoms with E-state index in [2.05, 4.69) is 83.3 Å². The summed E-state index contributed by atoms with van der Waals surface area (Å²) in [7, 11) is 4.30. The molecule has 9 nitrogen and oxygen atoms in total. The number of aromatic nitrogens is 3. The van der Waals surface area contributed by atoms with Crippen molar-refractivity contribution >= 4 is 23.0 Å². The number of nitrogens with zero attached hydrogens (tertiary/aromatic N) is 6. The molecule has 1 atom stereocenters. The number of piperidine rings is 1. The van der Waals surface area contributed by atoms with Gasteiger partial charge in [0.25, 0.3) is 0 Å². The number of benzene rings is 1. The predicted octanol–water partition coefficient (Wildman–Crippen LogP) is 3.38. The zero-order chi connectivity index (χ0) is 26.2. The molecule has 2 bridgehead atoms. The molecule has 1 aromatic carbocycles. The quantitative estimate of drug-likeness (QED) is 0.537. The summed E-state index contributed by atoms with van der Waals surface area (Å²) in [6.07, 6.45) is 3.36. The van der Waals surface area contributed by atoms with Crippen LogP contribution in [0, 0.1) is 6.92 Å². The molecule has 5 heterocycles. The third kappa shape index (κ3) is 4.92. The van der Waals surface area contributed by atoms with Gasteiger partial charge in [-0.3, -0.25) is 0 Å². The standard InChI is InChI=1S/C29H40N8O/c1-20-8-9-26-23(15-20)21(2)36-10-6-5-7-25(36)24-16-28-32-27(31-22-18-30-19-22)17-29(37(28)33-24)35(4)12-11-34(3)13-14-38-26/h8-9,15-17,22,25,30H,2,5-7,10-14,18-19H2,1,3-4H3,(H,31,32)/t25-/m0/s1. The summed E-state index contributed by atoms with van der Waals surface area (Å²) in [6, 6.07) is 11.3. The fraction of sp³-hybridized carbons (Fsp3) is 0.517. The molecule has 2 aromatic heterocycles. The van der Waals surface area contributed by atoms with Crippen LogP contribution in [0.2, 0.25) is 0 Å². The molecule has 0 unspecified atom stereocenters. The summed E-state index contributed by atoms with van der Waals surface area (Å²) < 4.78 is 8.38. The van der Waals surface area contributed by atoms with E-state index in [0.29, 0.717) is 12.6 Å². The second-order valence-corrected chi connectivity index (χ2v) is 11.1. The van der Waals surface area contributed by atoms with Crippen molar-refractivity contribution in [3.63, 3.8) is 0 Å². The first-order chi connectivity index (χ1) is 18.5. The van der Waals surface area contributed by atoms with Crippen molar-refractivity contribution in [3.05, 3.63) is 53.7 Å². The van der Waals surface area contributed by atoms with Gasteiger partial charge in [0.2, 0.25) is 0 Å². The van der Waals surface area contributed by atoms with Crippen molar-refractivity contribution in [1.82, 2.24) is 29.7 Å². The average molecular weight is 517 g/mol. The maximum Gasteiger partial charge on any atom is 0.160 e. The molecule has 2 fully saturated rings. The zero-order valence-electron chi connectivity index (χ0n) is 22.9. The molecule has 3 aliphatic heterocycles. The molecule has 3 aliphatic rings. The van der Waals surface area contributed by atoms with Crippen molar-refractivity contribution in [3.8, 4) is 5.75 Å². The second-order valence-electron chi connectivity index (χ2n) is 11.1. The van der Waals surface area contributed by atoms with Crippen molar-refractivity contribution in [2.24, 2.45) is 0 Å². The molecule has 0 amide bonds. The number of ether oxygens (including phenoxy) is 1. The van der Waals surface area contributed by atoms with E-state index in [1.807, 2.05) is 4.52 Å². The Bertz CT molecular complexity index is 1320. The Morgan fingerprint density at radius 3 is 2.74 bits per heavy atom. The van der Waals surface area contributed by atoms with Gasteiger partial charge >= 0.3 is 0 Å². The number of fused-ring (bicyclic) bond motifs is 4. The third-order valence-corrected chi connectivity index (χ3v) is 8.14. The first-order valence-corrected chi connectivity index (χ1v) is 13.9. The lowest BCUT2D eigenvalue weighted by Crippen LogP contribution is -2.51. The molecule has 0 aliphatic carbocycles. The van der Waals surface area contributed by atoms with Crippen LogP contribution in [-0.2, 0) is 0 Å². The molecule has 2 N–H and O–H groups in total. The Morgan fingerprint density at radius 1 is 1.05 bits per heavy atom. The Kier molecular flexibility index (Phi) is 6.88. The number of anilines is 2. The molecule has 9 heteroatoms. The van der Waals surface area contributed by atoms with Gasteiger partial charge in [-0.1, -0.05) is 18.2 Å². The van der Waals surface area contributed by atoms with Gasteiger partial charge in [-0.15, -0.1) is 0 Å². The van der Waals surface area contributed by atoms with Crippen LogP contribution in [-0.4, -0.2) is 90.4 Å². The largest absolute Gasteiger partial charge is 0.492 e. The van der Waals surface area contributed by atoms with Crippen LogP contribution >= 0.6 is 0 Å². The maximum absolute atomic E-state index is 6.35. The summed E-state index contributed by atoms with van der Waals surface area (Å²) in [6.45, 7) is 12.9. The molecule has 0 radical (unpaired) electrons. The summed E-state index contributed by atoms with van der Waals surface area (Å²) in [4.78, 5) is 12.0. The molecule has 38 heavy (non-hydrogen) atoms. The minimum atomic E-state index is 0.149. The van der Waals surface area contributed by atoms with E-state index in [0.717, 1.165) is 92.1 Å². The summed E-state index contributed by atoms with van der Waals surface area (Å²) in [5.41, 5.74) is 5.23. The molecule has 202 valence electrons. The highest BCUT2D eigenvalue weighted by atomic mass is 16.5. The lowest BCUT2D eigenvalue weighted by Gasteiger charge is -2.38. The number of nitrogens with one attached hydrogen (secondary N) is 2. The van der Waals surface area contributed by atoms with E-state index < -0.39 is 0 Å². The van der Waals surface area contributed by atoms with E-state index in [9.17, 15) is 0 Å². The molecule has 3 aromatic rings. The van der Waals surface area contributed by atoms with Gasteiger partial charge in [0.05, 0.1) is 17.8 Å². The van der Waals surface area contributed by atoms with Crippen LogP contribution in [0.4, 0.5) is 11.6 Å². The lowest BCUT2D eigenvalue weighted by atomic mass is 9.96. The van der Waals surface area contributed by atoms with E-state index in [-0.39, 0.29) is 6.04 Å². The van der Waals surface area contributed by atoms with Crippen molar-refractivity contribution < 1.29 is 4.74 Å². The Balaban J connectivity index is 1.44. The van der Waals surface area contributed by atoms with Gasteiger partial charge in [0.15, 0.2) is 5.65 Å². The molecule has 0 spiro atoms. The topological polar surface area (TPSA) is 73.2 Å². The first-order valence-electron chi connectivity index (χ1n) is 13.9. The minimum Gasteiger partial charge on any atom is -0.492 e. The predicted molar refractivity (Wildman–Crippen MR) is 153 cm³/mol. The van der Waals surface area contributed by atoms with Crippen LogP contribution in [0.3, 0.4) is 0 Å². The van der Waals surface area contributed by atoms with Crippen LogP contribution in [0.25, 0.3) is 11.3 Å². The highest BCUT2D eigenvalue weighted by Gasteiger charge is 2.30. The highest BCUT2D eigenvalue weighted by molar-refractivity contribution is 5.69. The van der Waals surface area contributed by atoms with Gasteiger partial charge in [0, 0.05) is 69.7 Å². The SMILES string of the molecule is C=C1c2cc(C)ccc2OCCN(C)CCN(C)c2cc(NC3CNC3)nc3cc(nn23)[C@@H]2CCCCN12. The smallest absolute Gasteiger partial charge is 0.160 e. The van der Waals surface area contributed by atoms with Gasteiger partial charge in [-0.05, 0) is 45.4 Å². The van der Waals surface area contributed by atoms with Crippen LogP contribution in [0.5, 0.6) is 5.75 Å². The van der Waals surface area contributed by atoms with E-state index in [1.165, 1.54) is 12.0 Å². The summed E-state index contributed by atoms with van der Waals surface area (Å²) >= 11 is 0. The number of likely N-dealkylation sites (N-methyl/N-ethyl adjacent to an activating group) is 2. The van der Waals surface area contributed by atoms with Crippen LogP contribution in [0.15, 0.2) is 36.9 Å². The number of hydrogen-bond acceptors (Lipinski definition) is 8. The summed E-state index contributed by atoms with van der Waals surface area (Å²) in [5.74, 6) is 2.86. The Hall–Kier alpha value is -3.30. The van der Waals surface area contributed by atoms with E-state index in [4.69, 9.17) is 14.8 Å². The van der Waals surface area contributed by atoms with Gasteiger partial charge < -0.3 is 30.1 Å². The number of aryl methyl sites for hydroxylation is 1. The monoisotopic (exact) mass is 516 g/mol. The number of rotatable bonds is 2. The highest BCUT2D eigenvalue weighted by Crippen LogP contribution is 2.39. The van der Waals surface area contributed by atoms with Crippen LogP contribution in [0.1, 0.15) is 42.1 Å².